The molecule has 116 valence electrons. The highest BCUT2D eigenvalue weighted by atomic mass is 79.9. The van der Waals surface area contributed by atoms with Crippen molar-refractivity contribution in [2.45, 2.75) is 6.54 Å². The number of benzene rings is 1. The van der Waals surface area contributed by atoms with Crippen LogP contribution >= 0.6 is 15.9 Å². The Kier molecular flexibility index (Phi) is 5.35. The van der Waals surface area contributed by atoms with Crippen LogP contribution in [0.25, 0.3) is 0 Å². The number of hydrogen-bond acceptors (Lipinski definition) is 3. The van der Waals surface area contributed by atoms with Gasteiger partial charge in [0.25, 0.3) is 0 Å². The van der Waals surface area contributed by atoms with E-state index in [4.69, 9.17) is 0 Å². The molecule has 1 saturated heterocycles. The zero-order valence-corrected chi connectivity index (χ0v) is 13.8. The molecule has 1 aromatic carbocycles. The smallest absolute Gasteiger partial charge is 0.226 e. The van der Waals surface area contributed by atoms with Crippen LogP contribution in [0.1, 0.15) is 5.56 Å². The Morgan fingerprint density at radius 1 is 1.48 bits per heavy atom. The first-order chi connectivity index (χ1) is 9.92. The molecule has 1 aromatic rings. The van der Waals surface area contributed by atoms with Crippen molar-refractivity contribution < 1.29 is 14.3 Å². The Labute approximate surface area is 132 Å². The molecular formula is C15H20BrFN2O2. The lowest BCUT2D eigenvalue weighted by Gasteiger charge is -2.20. The Morgan fingerprint density at radius 2 is 2.19 bits per heavy atom. The van der Waals surface area contributed by atoms with Crippen LogP contribution in [-0.2, 0) is 11.3 Å². The highest BCUT2D eigenvalue weighted by molar-refractivity contribution is 9.10. The summed E-state index contributed by atoms with van der Waals surface area (Å²) in [5.41, 5.74) is 0.596. The third-order valence-corrected chi connectivity index (χ3v) is 4.40. The van der Waals surface area contributed by atoms with E-state index in [0.29, 0.717) is 25.2 Å². The minimum Gasteiger partial charge on any atom is -0.396 e. The summed E-state index contributed by atoms with van der Waals surface area (Å²) in [7, 11) is 3.43. The van der Waals surface area contributed by atoms with E-state index in [1.54, 1.807) is 31.1 Å². The second-order valence-corrected chi connectivity index (χ2v) is 6.63. The molecule has 1 fully saturated rings. The van der Waals surface area contributed by atoms with Gasteiger partial charge in [-0.3, -0.25) is 9.69 Å². The lowest BCUT2D eigenvalue weighted by molar-refractivity contribution is -0.134. The monoisotopic (exact) mass is 358 g/mol. The van der Waals surface area contributed by atoms with Gasteiger partial charge in [-0.1, -0.05) is 15.9 Å². The van der Waals surface area contributed by atoms with Crippen molar-refractivity contribution in [1.29, 1.82) is 0 Å². The van der Waals surface area contributed by atoms with E-state index in [2.05, 4.69) is 15.9 Å². The lowest BCUT2D eigenvalue weighted by Crippen LogP contribution is -2.35. The van der Waals surface area contributed by atoms with Gasteiger partial charge in [0.15, 0.2) is 0 Å². The van der Waals surface area contributed by atoms with Gasteiger partial charge in [0.2, 0.25) is 5.91 Å². The highest BCUT2D eigenvalue weighted by Gasteiger charge is 2.37. The largest absolute Gasteiger partial charge is 0.396 e. The minimum atomic E-state index is -0.249. The number of rotatable bonds is 4. The summed E-state index contributed by atoms with van der Waals surface area (Å²) in [6.45, 7) is 1.57. The molecule has 4 nitrogen and oxygen atoms in total. The molecule has 0 unspecified atom stereocenters. The normalized spacial score (nSPS) is 22.5. The molecule has 2 atom stereocenters. The van der Waals surface area contributed by atoms with Gasteiger partial charge in [0, 0.05) is 56.3 Å². The molecule has 1 heterocycles. The summed E-state index contributed by atoms with van der Waals surface area (Å²) in [5.74, 6) is -0.539. The van der Waals surface area contributed by atoms with Crippen LogP contribution in [0.2, 0.25) is 0 Å². The quantitative estimate of drug-likeness (QED) is 0.890. The van der Waals surface area contributed by atoms with E-state index in [9.17, 15) is 14.3 Å². The zero-order valence-electron chi connectivity index (χ0n) is 12.2. The van der Waals surface area contributed by atoms with Crippen LogP contribution in [0.3, 0.4) is 0 Å². The standard InChI is InChI=1S/C15H20BrFN2O2/c1-18(2)15(21)13-8-19(7-11(13)9-20)6-10-5-12(16)3-4-14(10)17/h3-5,11,13,20H,6-9H2,1-2H3/t11-,13+/m0/s1. The number of aliphatic hydroxyl groups excluding tert-OH is 1. The number of hydrogen-bond donors (Lipinski definition) is 1. The van der Waals surface area contributed by atoms with Crippen molar-refractivity contribution in [3.8, 4) is 0 Å². The number of nitrogens with zero attached hydrogens (tertiary/aromatic N) is 2. The predicted octanol–water partition coefficient (Wildman–Crippen LogP) is 1.72. The molecule has 1 aliphatic rings. The van der Waals surface area contributed by atoms with Gasteiger partial charge in [0.1, 0.15) is 5.82 Å². The average Bonchev–Trinajstić information content (AvgIpc) is 2.84. The highest BCUT2D eigenvalue weighted by Crippen LogP contribution is 2.27. The van der Waals surface area contributed by atoms with Gasteiger partial charge in [0.05, 0.1) is 5.92 Å². The van der Waals surface area contributed by atoms with Gasteiger partial charge in [-0.25, -0.2) is 4.39 Å². The van der Waals surface area contributed by atoms with E-state index >= 15 is 0 Å². The molecule has 0 bridgehead atoms. The fraction of sp³-hybridized carbons (Fsp3) is 0.533. The molecule has 1 aliphatic heterocycles. The predicted molar refractivity (Wildman–Crippen MR) is 82.1 cm³/mol. The maximum Gasteiger partial charge on any atom is 0.226 e. The van der Waals surface area contributed by atoms with E-state index in [1.807, 2.05) is 4.90 Å². The second-order valence-electron chi connectivity index (χ2n) is 5.71. The average molecular weight is 359 g/mol. The van der Waals surface area contributed by atoms with Gasteiger partial charge in [-0.15, -0.1) is 0 Å². The molecule has 0 aromatic heterocycles. The lowest BCUT2D eigenvalue weighted by atomic mass is 9.96. The fourth-order valence-corrected chi connectivity index (χ4v) is 3.20. The van der Waals surface area contributed by atoms with Crippen molar-refractivity contribution in [3.63, 3.8) is 0 Å². The first-order valence-electron chi connectivity index (χ1n) is 6.90. The topological polar surface area (TPSA) is 43.8 Å². The van der Waals surface area contributed by atoms with E-state index in [-0.39, 0.29) is 30.2 Å². The van der Waals surface area contributed by atoms with Gasteiger partial charge >= 0.3 is 0 Å². The first-order valence-corrected chi connectivity index (χ1v) is 7.70. The van der Waals surface area contributed by atoms with Crippen molar-refractivity contribution in [1.82, 2.24) is 9.80 Å². The van der Waals surface area contributed by atoms with Crippen molar-refractivity contribution in [3.05, 3.63) is 34.1 Å². The van der Waals surface area contributed by atoms with Gasteiger partial charge in [-0.2, -0.15) is 0 Å². The molecule has 1 N–H and O–H groups in total. The van der Waals surface area contributed by atoms with Crippen LogP contribution in [0.4, 0.5) is 4.39 Å². The number of carbonyl (C=O) groups is 1. The zero-order chi connectivity index (χ0) is 15.6. The summed E-state index contributed by atoms with van der Waals surface area (Å²) in [6.07, 6.45) is 0. The Bertz CT molecular complexity index is 524. The van der Waals surface area contributed by atoms with Crippen LogP contribution in [0.15, 0.2) is 22.7 Å². The van der Waals surface area contributed by atoms with E-state index < -0.39 is 0 Å². The molecule has 0 saturated carbocycles. The van der Waals surface area contributed by atoms with Crippen molar-refractivity contribution in [2.75, 3.05) is 33.8 Å². The summed E-state index contributed by atoms with van der Waals surface area (Å²) >= 11 is 3.34. The Morgan fingerprint density at radius 3 is 2.81 bits per heavy atom. The summed E-state index contributed by atoms with van der Waals surface area (Å²) < 4.78 is 14.6. The van der Waals surface area contributed by atoms with Gasteiger partial charge in [-0.05, 0) is 18.2 Å². The van der Waals surface area contributed by atoms with Crippen molar-refractivity contribution in [2.24, 2.45) is 11.8 Å². The number of halogens is 2. The molecule has 0 radical (unpaired) electrons. The van der Waals surface area contributed by atoms with Gasteiger partial charge < -0.3 is 10.0 Å². The first kappa shape index (κ1) is 16.4. The number of carbonyl (C=O) groups excluding carboxylic acids is 1. The van der Waals surface area contributed by atoms with Crippen LogP contribution in [-0.4, -0.2) is 54.6 Å². The SMILES string of the molecule is CN(C)C(=O)[C@@H]1CN(Cc2cc(Br)ccc2F)C[C@H]1CO. The molecule has 2 rings (SSSR count). The maximum absolute atomic E-state index is 13.8. The second kappa shape index (κ2) is 6.85. The third kappa shape index (κ3) is 3.81. The number of aliphatic hydroxyl groups is 1. The van der Waals surface area contributed by atoms with E-state index in [0.717, 1.165) is 4.47 Å². The summed E-state index contributed by atoms with van der Waals surface area (Å²) in [4.78, 5) is 15.7. The summed E-state index contributed by atoms with van der Waals surface area (Å²) in [6, 6.07) is 4.85. The molecule has 1 amide bonds. The molecule has 6 heteroatoms. The third-order valence-electron chi connectivity index (χ3n) is 3.91. The molecule has 0 aliphatic carbocycles. The van der Waals surface area contributed by atoms with Crippen LogP contribution in [0, 0.1) is 17.7 Å². The molecular weight excluding hydrogens is 339 g/mol. The molecule has 0 spiro atoms. The fourth-order valence-electron chi connectivity index (χ4n) is 2.79. The van der Waals surface area contributed by atoms with Crippen LogP contribution < -0.4 is 0 Å². The van der Waals surface area contributed by atoms with Crippen molar-refractivity contribution >= 4 is 21.8 Å². The number of likely N-dealkylation sites (tertiary alicyclic amines) is 1. The van der Waals surface area contributed by atoms with E-state index in [1.165, 1.54) is 6.07 Å². The molecule has 21 heavy (non-hydrogen) atoms. The maximum atomic E-state index is 13.8. The Balaban J connectivity index is 2.09. The Hall–Kier alpha value is -0.980. The summed E-state index contributed by atoms with van der Waals surface area (Å²) in [5, 5.41) is 9.47. The number of amides is 1. The minimum absolute atomic E-state index is 0.0197. The van der Waals surface area contributed by atoms with Crippen LogP contribution in [0.5, 0.6) is 0 Å².